The molecule has 0 aliphatic carbocycles. The Morgan fingerprint density at radius 2 is 1.91 bits per heavy atom. The van der Waals surface area contributed by atoms with Crippen molar-refractivity contribution < 1.29 is 18.1 Å². The summed E-state index contributed by atoms with van der Waals surface area (Å²) in [5.41, 5.74) is 5.48. The SMILES string of the molecule is CCC(C)C(NS(=O)(=O)Cc1ccc([N+](=O)[O-])cc1)C(N)=O. The number of carbonyl (C=O) groups is 1. The van der Waals surface area contributed by atoms with E-state index >= 15 is 0 Å². The zero-order valence-electron chi connectivity index (χ0n) is 12.4. The molecule has 0 radical (unpaired) electrons. The summed E-state index contributed by atoms with van der Waals surface area (Å²) >= 11 is 0. The van der Waals surface area contributed by atoms with Crippen molar-refractivity contribution in [2.75, 3.05) is 0 Å². The molecule has 1 rings (SSSR count). The summed E-state index contributed by atoms with van der Waals surface area (Å²) in [6.45, 7) is 3.55. The first-order chi connectivity index (χ1) is 10.2. The molecule has 0 saturated carbocycles. The quantitative estimate of drug-likeness (QED) is 0.540. The molecular formula is C13H19N3O5S. The van der Waals surface area contributed by atoms with E-state index in [9.17, 15) is 23.3 Å². The molecule has 22 heavy (non-hydrogen) atoms. The summed E-state index contributed by atoms with van der Waals surface area (Å²) in [6.07, 6.45) is 0.591. The van der Waals surface area contributed by atoms with Gasteiger partial charge in [0.15, 0.2) is 0 Å². The Kier molecular flexibility index (Phi) is 6.01. The van der Waals surface area contributed by atoms with Crippen LogP contribution in [0, 0.1) is 16.0 Å². The fourth-order valence-corrected chi connectivity index (χ4v) is 3.31. The van der Waals surface area contributed by atoms with Gasteiger partial charge in [0, 0.05) is 12.1 Å². The van der Waals surface area contributed by atoms with Crippen molar-refractivity contribution in [2.45, 2.75) is 32.1 Å². The van der Waals surface area contributed by atoms with Gasteiger partial charge in [-0.3, -0.25) is 14.9 Å². The number of amides is 1. The summed E-state index contributed by atoms with van der Waals surface area (Å²) < 4.78 is 26.5. The zero-order chi connectivity index (χ0) is 16.9. The standard InChI is InChI=1S/C13H19N3O5S/c1-3-9(2)12(13(14)17)15-22(20,21)8-10-4-6-11(7-5-10)16(18)19/h4-7,9,12,15H,3,8H2,1-2H3,(H2,14,17). The third-order valence-electron chi connectivity index (χ3n) is 3.33. The molecule has 0 saturated heterocycles. The van der Waals surface area contributed by atoms with E-state index in [-0.39, 0.29) is 17.4 Å². The monoisotopic (exact) mass is 329 g/mol. The molecule has 3 N–H and O–H groups in total. The number of nitrogens with one attached hydrogen (secondary N) is 1. The van der Waals surface area contributed by atoms with Crippen LogP contribution in [0.4, 0.5) is 5.69 Å². The molecule has 9 heteroatoms. The van der Waals surface area contributed by atoms with Crippen molar-refractivity contribution in [3.8, 4) is 0 Å². The second kappa shape index (κ2) is 7.32. The van der Waals surface area contributed by atoms with Crippen molar-refractivity contribution >= 4 is 21.6 Å². The minimum Gasteiger partial charge on any atom is -0.368 e. The molecule has 122 valence electrons. The maximum Gasteiger partial charge on any atom is 0.269 e. The van der Waals surface area contributed by atoms with Crippen LogP contribution in [-0.2, 0) is 20.6 Å². The minimum atomic E-state index is -3.79. The van der Waals surface area contributed by atoms with Gasteiger partial charge in [0.25, 0.3) is 5.69 Å². The number of rotatable bonds is 8. The number of non-ortho nitro benzene ring substituents is 1. The molecule has 0 fully saturated rings. The second-order valence-corrected chi connectivity index (χ2v) is 6.82. The molecule has 0 heterocycles. The van der Waals surface area contributed by atoms with Crippen LogP contribution in [0.5, 0.6) is 0 Å². The molecule has 1 aromatic carbocycles. The third-order valence-corrected chi connectivity index (χ3v) is 4.66. The van der Waals surface area contributed by atoms with Crippen molar-refractivity contribution in [3.63, 3.8) is 0 Å². The Morgan fingerprint density at radius 1 is 1.36 bits per heavy atom. The van der Waals surface area contributed by atoms with Crippen LogP contribution in [-0.4, -0.2) is 25.3 Å². The highest BCUT2D eigenvalue weighted by Gasteiger charge is 2.27. The second-order valence-electron chi connectivity index (χ2n) is 5.07. The number of nitro benzene ring substituents is 1. The topological polar surface area (TPSA) is 132 Å². The van der Waals surface area contributed by atoms with Gasteiger partial charge in [-0.15, -0.1) is 0 Å². The van der Waals surface area contributed by atoms with E-state index in [0.29, 0.717) is 12.0 Å². The summed E-state index contributed by atoms with van der Waals surface area (Å²) in [4.78, 5) is 21.4. The lowest BCUT2D eigenvalue weighted by atomic mass is 10.00. The number of hydrogen-bond acceptors (Lipinski definition) is 5. The summed E-state index contributed by atoms with van der Waals surface area (Å²) in [5, 5.41) is 10.5. The lowest BCUT2D eigenvalue weighted by molar-refractivity contribution is -0.384. The smallest absolute Gasteiger partial charge is 0.269 e. The summed E-state index contributed by atoms with van der Waals surface area (Å²) in [5.74, 6) is -1.35. The van der Waals surface area contributed by atoms with Crippen LogP contribution >= 0.6 is 0 Å². The molecule has 0 spiro atoms. The van der Waals surface area contributed by atoms with Crippen LogP contribution in [0.2, 0.25) is 0 Å². The number of sulfonamides is 1. The maximum absolute atomic E-state index is 12.1. The number of nitrogens with two attached hydrogens (primary N) is 1. The number of carbonyl (C=O) groups excluding carboxylic acids is 1. The minimum absolute atomic E-state index is 0.122. The fourth-order valence-electron chi connectivity index (χ4n) is 1.86. The van der Waals surface area contributed by atoms with Gasteiger partial charge < -0.3 is 5.73 Å². The van der Waals surface area contributed by atoms with Crippen LogP contribution in [0.3, 0.4) is 0 Å². The first-order valence-electron chi connectivity index (χ1n) is 6.69. The number of hydrogen-bond donors (Lipinski definition) is 2. The van der Waals surface area contributed by atoms with E-state index in [1.165, 1.54) is 24.3 Å². The lowest BCUT2D eigenvalue weighted by Crippen LogP contribution is -2.48. The Morgan fingerprint density at radius 3 is 2.32 bits per heavy atom. The number of nitrogens with zero attached hydrogens (tertiary/aromatic N) is 1. The van der Waals surface area contributed by atoms with Crippen molar-refractivity contribution in [1.29, 1.82) is 0 Å². The van der Waals surface area contributed by atoms with Crippen LogP contribution in [0.15, 0.2) is 24.3 Å². The summed E-state index contributed by atoms with van der Waals surface area (Å²) in [6, 6.07) is 4.20. The average Bonchev–Trinajstić information content (AvgIpc) is 2.44. The van der Waals surface area contributed by atoms with E-state index in [2.05, 4.69) is 4.72 Å². The third kappa shape index (κ3) is 5.08. The predicted molar refractivity (Wildman–Crippen MR) is 81.3 cm³/mol. The van der Waals surface area contributed by atoms with Gasteiger partial charge in [0.05, 0.1) is 10.7 Å². The molecule has 0 aliphatic rings. The highest BCUT2D eigenvalue weighted by Crippen LogP contribution is 2.15. The van der Waals surface area contributed by atoms with Crippen molar-refractivity contribution in [3.05, 3.63) is 39.9 Å². The normalized spacial score (nSPS) is 14.3. The van der Waals surface area contributed by atoms with Gasteiger partial charge in [0.1, 0.15) is 6.04 Å². The van der Waals surface area contributed by atoms with Gasteiger partial charge in [-0.25, -0.2) is 13.1 Å². The maximum atomic E-state index is 12.1. The van der Waals surface area contributed by atoms with Crippen molar-refractivity contribution in [1.82, 2.24) is 4.72 Å². The Balaban J connectivity index is 2.86. The Hall–Kier alpha value is -2.00. The van der Waals surface area contributed by atoms with Crippen molar-refractivity contribution in [2.24, 2.45) is 11.7 Å². The largest absolute Gasteiger partial charge is 0.368 e. The van der Waals surface area contributed by atoms with E-state index in [1.807, 2.05) is 6.92 Å². The average molecular weight is 329 g/mol. The first kappa shape index (κ1) is 18.1. The molecule has 1 aromatic rings. The molecule has 0 aliphatic heterocycles. The Labute approximate surface area is 128 Å². The number of nitro groups is 1. The highest BCUT2D eigenvalue weighted by molar-refractivity contribution is 7.88. The number of primary amides is 1. The van der Waals surface area contributed by atoms with Gasteiger partial charge in [-0.05, 0) is 11.5 Å². The summed E-state index contributed by atoms with van der Waals surface area (Å²) in [7, 11) is -3.79. The number of benzene rings is 1. The van der Waals surface area contributed by atoms with E-state index in [1.54, 1.807) is 6.92 Å². The van der Waals surface area contributed by atoms with Gasteiger partial charge in [-0.2, -0.15) is 0 Å². The van der Waals surface area contributed by atoms with Crippen LogP contribution < -0.4 is 10.5 Å². The lowest BCUT2D eigenvalue weighted by Gasteiger charge is -2.21. The fraction of sp³-hybridized carbons (Fsp3) is 0.462. The van der Waals surface area contributed by atoms with Gasteiger partial charge >= 0.3 is 0 Å². The molecule has 2 atom stereocenters. The predicted octanol–water partition coefficient (Wildman–Crippen LogP) is 0.914. The molecule has 8 nitrogen and oxygen atoms in total. The van der Waals surface area contributed by atoms with Gasteiger partial charge in [-0.1, -0.05) is 32.4 Å². The molecule has 2 unspecified atom stereocenters. The van der Waals surface area contributed by atoms with E-state index < -0.39 is 26.9 Å². The molecular weight excluding hydrogens is 310 g/mol. The highest BCUT2D eigenvalue weighted by atomic mass is 32.2. The zero-order valence-corrected chi connectivity index (χ0v) is 13.2. The van der Waals surface area contributed by atoms with Crippen LogP contribution in [0.1, 0.15) is 25.8 Å². The Bertz CT molecular complexity index is 642. The molecule has 1 amide bonds. The van der Waals surface area contributed by atoms with E-state index in [0.717, 1.165) is 0 Å². The van der Waals surface area contributed by atoms with Crippen LogP contribution in [0.25, 0.3) is 0 Å². The van der Waals surface area contributed by atoms with E-state index in [4.69, 9.17) is 5.73 Å². The molecule has 0 aromatic heterocycles. The first-order valence-corrected chi connectivity index (χ1v) is 8.34. The molecule has 0 bridgehead atoms. The van der Waals surface area contributed by atoms with Gasteiger partial charge in [0.2, 0.25) is 15.9 Å².